The molecule has 0 aromatic heterocycles. The minimum absolute atomic E-state index is 0.345. The van der Waals surface area contributed by atoms with E-state index in [0.29, 0.717) is 14.8 Å². The Bertz CT molecular complexity index is 1030. The summed E-state index contributed by atoms with van der Waals surface area (Å²) in [6, 6.07) is 16.8. The third kappa shape index (κ3) is 3.09. The Morgan fingerprint density at radius 1 is 0.938 bits per heavy atom. The number of likely N-dealkylation sites (N-methyl/N-ethyl adjacent to an activating group) is 1. The Morgan fingerprint density at radius 2 is 1.47 bits per heavy atom. The monoisotopic (exact) mass is 435 g/mol. The third-order valence-corrected chi connectivity index (χ3v) is 7.23. The van der Waals surface area contributed by atoms with Crippen molar-refractivity contribution in [3.8, 4) is 11.1 Å². The van der Waals surface area contributed by atoms with Crippen LogP contribution in [-0.2, 0) is 4.74 Å². The molecule has 6 heteroatoms. The second kappa shape index (κ2) is 8.52. The van der Waals surface area contributed by atoms with Crippen molar-refractivity contribution >= 4 is 11.4 Å². The molecule has 0 bridgehead atoms. The van der Waals surface area contributed by atoms with Crippen molar-refractivity contribution in [2.24, 2.45) is 0 Å². The highest BCUT2D eigenvalue weighted by molar-refractivity contribution is 5.95. The highest BCUT2D eigenvalue weighted by Gasteiger charge is 2.54. The van der Waals surface area contributed by atoms with Gasteiger partial charge >= 0.3 is 12.1 Å². The van der Waals surface area contributed by atoms with Gasteiger partial charge in [-0.25, -0.2) is 0 Å². The zero-order chi connectivity index (χ0) is 22.9. The first-order valence-corrected chi connectivity index (χ1v) is 11.7. The summed E-state index contributed by atoms with van der Waals surface area (Å²) < 4.78 is 7.47. The number of allylic oxidation sites excluding steroid dienone is 1. The Morgan fingerprint density at radius 3 is 1.94 bits per heavy atom. The van der Waals surface area contributed by atoms with E-state index in [1.54, 1.807) is 6.08 Å². The second-order valence-corrected chi connectivity index (χ2v) is 8.50. The van der Waals surface area contributed by atoms with Gasteiger partial charge < -0.3 is 4.74 Å². The smallest absolute Gasteiger partial charge is 0.375 e. The SMILES string of the molecule is CCC[N+]1(C2=C([N+](CC)(CC)CC)C=CC([N+](=O)[O-])O2)c2ccccc2-c2ccccc21. The lowest BCUT2D eigenvalue weighted by Crippen LogP contribution is -2.53. The van der Waals surface area contributed by atoms with Gasteiger partial charge in [0.15, 0.2) is 11.4 Å². The van der Waals surface area contributed by atoms with Gasteiger partial charge in [-0.05, 0) is 39.3 Å². The van der Waals surface area contributed by atoms with Crippen LogP contribution in [0.25, 0.3) is 11.1 Å². The lowest BCUT2D eigenvalue weighted by Gasteiger charge is -2.41. The molecule has 2 heterocycles. The number of ether oxygens (including phenoxy) is 1. The van der Waals surface area contributed by atoms with Crippen LogP contribution in [0.5, 0.6) is 0 Å². The maximum atomic E-state index is 11.8. The van der Waals surface area contributed by atoms with Crippen molar-refractivity contribution < 1.29 is 14.1 Å². The van der Waals surface area contributed by atoms with E-state index in [2.05, 4.69) is 76.2 Å². The van der Waals surface area contributed by atoms with Gasteiger partial charge in [-0.3, -0.25) is 14.6 Å². The van der Waals surface area contributed by atoms with Crippen LogP contribution >= 0.6 is 0 Å². The fourth-order valence-electron chi connectivity index (χ4n) is 5.50. The number of hydrogen-bond acceptors (Lipinski definition) is 3. The number of fused-ring (bicyclic) bond motifs is 3. The van der Waals surface area contributed by atoms with Gasteiger partial charge in [0.05, 0.1) is 31.1 Å². The predicted octanol–water partition coefficient (Wildman–Crippen LogP) is 5.95. The number of nitro groups is 1. The number of quaternary nitrogens is 2. The summed E-state index contributed by atoms with van der Waals surface area (Å²) in [4.78, 5) is 11.5. The summed E-state index contributed by atoms with van der Waals surface area (Å²) in [5, 5.41) is 11.8. The van der Waals surface area contributed by atoms with E-state index in [4.69, 9.17) is 4.74 Å². The molecule has 0 N–H and O–H groups in total. The molecule has 1 atom stereocenters. The largest absolute Gasteiger partial charge is 0.378 e. The molecule has 1 unspecified atom stereocenters. The molecule has 4 rings (SSSR count). The minimum Gasteiger partial charge on any atom is -0.375 e. The van der Waals surface area contributed by atoms with E-state index in [1.807, 2.05) is 6.08 Å². The summed E-state index contributed by atoms with van der Waals surface area (Å²) in [7, 11) is 0. The quantitative estimate of drug-likeness (QED) is 0.292. The Kier molecular flexibility index (Phi) is 5.93. The van der Waals surface area contributed by atoms with Crippen molar-refractivity contribution in [3.05, 3.63) is 82.4 Å². The van der Waals surface area contributed by atoms with E-state index >= 15 is 0 Å². The molecule has 0 saturated carbocycles. The highest BCUT2D eigenvalue weighted by Crippen LogP contribution is 2.57. The zero-order valence-electron chi connectivity index (χ0n) is 19.5. The van der Waals surface area contributed by atoms with E-state index < -0.39 is 6.23 Å². The molecule has 0 aliphatic carbocycles. The number of rotatable bonds is 8. The molecule has 6 nitrogen and oxygen atoms in total. The third-order valence-electron chi connectivity index (χ3n) is 7.23. The Hall–Kier alpha value is -2.96. The summed E-state index contributed by atoms with van der Waals surface area (Å²) >= 11 is 0. The van der Waals surface area contributed by atoms with Crippen LogP contribution < -0.4 is 4.48 Å². The molecular formula is C26H33N3O3+2. The van der Waals surface area contributed by atoms with Gasteiger partial charge in [0.25, 0.3) is 0 Å². The summed E-state index contributed by atoms with van der Waals surface area (Å²) in [6.45, 7) is 12.1. The topological polar surface area (TPSA) is 52.4 Å². The van der Waals surface area contributed by atoms with Crippen molar-refractivity contribution in [2.45, 2.75) is 40.3 Å². The number of benzene rings is 2. The molecular weight excluding hydrogens is 402 g/mol. The van der Waals surface area contributed by atoms with Gasteiger partial charge in [0.1, 0.15) is 0 Å². The molecule has 0 saturated heterocycles. The van der Waals surface area contributed by atoms with Gasteiger partial charge in [-0.1, -0.05) is 31.2 Å². The average Bonchev–Trinajstić information content (AvgIpc) is 3.12. The molecule has 0 amide bonds. The van der Waals surface area contributed by atoms with Crippen LogP contribution in [0.1, 0.15) is 34.1 Å². The first kappa shape index (κ1) is 22.2. The minimum atomic E-state index is -1.19. The molecule has 2 aromatic carbocycles. The van der Waals surface area contributed by atoms with E-state index in [1.165, 1.54) is 11.1 Å². The predicted molar refractivity (Wildman–Crippen MR) is 128 cm³/mol. The lowest BCUT2D eigenvalue weighted by molar-refractivity contribution is -0.885. The molecule has 2 aliphatic heterocycles. The molecule has 0 radical (unpaired) electrons. The number of hydrogen-bond donors (Lipinski definition) is 0. The molecule has 0 fully saturated rings. The van der Waals surface area contributed by atoms with Crippen LogP contribution in [0.2, 0.25) is 0 Å². The van der Waals surface area contributed by atoms with Crippen molar-refractivity contribution in [1.29, 1.82) is 0 Å². The first-order chi connectivity index (χ1) is 15.5. The maximum absolute atomic E-state index is 11.8. The zero-order valence-corrected chi connectivity index (χ0v) is 19.5. The average molecular weight is 436 g/mol. The summed E-state index contributed by atoms with van der Waals surface area (Å²) in [6.07, 6.45) is 3.28. The van der Waals surface area contributed by atoms with Crippen LogP contribution in [0.3, 0.4) is 0 Å². The first-order valence-electron chi connectivity index (χ1n) is 11.7. The summed E-state index contributed by atoms with van der Waals surface area (Å²) in [5.74, 6) is 0.694. The Labute approximate surface area is 190 Å². The second-order valence-electron chi connectivity index (χ2n) is 8.50. The number of nitrogens with zero attached hydrogens (tertiary/aromatic N) is 3. The number of para-hydroxylation sites is 2. The normalized spacial score (nSPS) is 18.8. The van der Waals surface area contributed by atoms with Gasteiger partial charge in [-0.15, -0.1) is 0 Å². The molecule has 2 aliphatic rings. The van der Waals surface area contributed by atoms with E-state index in [9.17, 15) is 10.1 Å². The van der Waals surface area contributed by atoms with Gasteiger partial charge in [0.2, 0.25) is 5.70 Å². The molecule has 2 aromatic rings. The fourth-order valence-corrected chi connectivity index (χ4v) is 5.50. The van der Waals surface area contributed by atoms with Crippen molar-refractivity contribution in [1.82, 2.24) is 4.48 Å². The van der Waals surface area contributed by atoms with Crippen LogP contribution in [0, 0.1) is 10.1 Å². The van der Waals surface area contributed by atoms with Crippen molar-refractivity contribution in [2.75, 3.05) is 26.2 Å². The summed E-state index contributed by atoms with van der Waals surface area (Å²) in [5.41, 5.74) is 5.63. The molecule has 32 heavy (non-hydrogen) atoms. The van der Waals surface area contributed by atoms with Crippen LogP contribution in [0.4, 0.5) is 11.4 Å². The van der Waals surface area contributed by atoms with Crippen LogP contribution in [0.15, 0.2) is 72.3 Å². The highest BCUT2D eigenvalue weighted by atomic mass is 16.7. The maximum Gasteiger partial charge on any atom is 0.378 e. The van der Waals surface area contributed by atoms with E-state index in [0.717, 1.165) is 49.7 Å². The van der Waals surface area contributed by atoms with Gasteiger partial charge in [-0.2, -0.15) is 4.48 Å². The van der Waals surface area contributed by atoms with Gasteiger partial charge in [0, 0.05) is 35.4 Å². The molecule has 0 spiro atoms. The fraction of sp³-hybridized carbons (Fsp3) is 0.385. The van der Waals surface area contributed by atoms with Crippen LogP contribution in [-0.4, -0.2) is 41.8 Å². The lowest BCUT2D eigenvalue weighted by atomic mass is 10.1. The standard InChI is InChI=1S/C26H33N3O3/c1-5-19-29(22-15-11-9-13-20(22)21-14-10-12-16-23(21)29)26-24(28(6-2,7-3)8-4)17-18-25(32-26)27(30)31/h9-18,25H,5-8,19H2,1-4H3/q+2. The van der Waals surface area contributed by atoms with Crippen molar-refractivity contribution in [3.63, 3.8) is 0 Å². The molecule has 168 valence electrons. The van der Waals surface area contributed by atoms with E-state index in [-0.39, 0.29) is 4.92 Å². The Balaban J connectivity index is 2.11.